The highest BCUT2D eigenvalue weighted by molar-refractivity contribution is 7.89. The lowest BCUT2D eigenvalue weighted by Gasteiger charge is -2.40. The van der Waals surface area contributed by atoms with Crippen molar-refractivity contribution >= 4 is 21.7 Å². The smallest absolute Gasteiger partial charge is 0.410 e. The van der Waals surface area contributed by atoms with Crippen molar-refractivity contribution in [2.45, 2.75) is 43.7 Å². The number of carbonyl (C=O) groups is 1. The molecule has 3 aliphatic rings. The fourth-order valence-electron chi connectivity index (χ4n) is 5.16. The maximum absolute atomic E-state index is 13.3. The largest absolute Gasteiger partial charge is 0.466 e. The van der Waals surface area contributed by atoms with Gasteiger partial charge >= 0.3 is 6.09 Å². The summed E-state index contributed by atoms with van der Waals surface area (Å²) < 4.78 is 39.7. The van der Waals surface area contributed by atoms with Gasteiger partial charge in [-0.05, 0) is 51.0 Å². The van der Waals surface area contributed by atoms with Gasteiger partial charge < -0.3 is 9.15 Å². The van der Waals surface area contributed by atoms with E-state index in [-0.39, 0.29) is 17.5 Å². The summed E-state index contributed by atoms with van der Waals surface area (Å²) in [5, 5.41) is 0. The molecule has 1 aromatic carbocycles. The Hall–Kier alpha value is -2.58. The first-order valence-electron chi connectivity index (χ1n) is 10.5. The number of ether oxygens (including phenoxy) is 1. The third kappa shape index (κ3) is 3.03. The third-order valence-electron chi connectivity index (χ3n) is 6.37. The summed E-state index contributed by atoms with van der Waals surface area (Å²) in [6, 6.07) is 10.0. The Bertz CT molecular complexity index is 1160. The highest BCUT2D eigenvalue weighted by Crippen LogP contribution is 2.63. The number of hydrogen-bond donors (Lipinski definition) is 0. The number of amides is 1. The average Bonchev–Trinajstić information content (AvgIpc) is 3.37. The lowest BCUT2D eigenvalue weighted by molar-refractivity contribution is 0.0163. The van der Waals surface area contributed by atoms with Crippen LogP contribution in [0.1, 0.15) is 44.6 Å². The summed E-state index contributed by atoms with van der Waals surface area (Å²) in [7, 11) is -3.66. The van der Waals surface area contributed by atoms with Gasteiger partial charge in [0.05, 0.1) is 11.2 Å². The van der Waals surface area contributed by atoms with Gasteiger partial charge in [0.1, 0.15) is 17.4 Å². The molecule has 1 aliphatic carbocycles. The van der Waals surface area contributed by atoms with E-state index in [1.807, 2.05) is 32.9 Å². The molecule has 164 valence electrons. The SMILES string of the molecule is CC(C)(C)OC(=O)N1CC[C@]23CN(S(=O)(=O)c4ccccc4)CC=C2c2ccoc2[C@H]13. The van der Waals surface area contributed by atoms with Gasteiger partial charge in [-0.1, -0.05) is 24.3 Å². The Kier molecular flexibility index (Phi) is 4.40. The molecule has 5 rings (SSSR count). The number of fused-ring (bicyclic) bond motifs is 3. The van der Waals surface area contributed by atoms with Gasteiger partial charge in [0, 0.05) is 30.6 Å². The standard InChI is InChI=1S/C23H26N2O5S/c1-22(2,3)30-21(26)25-13-11-23-15-24(31(27,28)16-7-5-4-6-8-16)12-9-18(23)17-10-14-29-19(17)20(23)25/h4-10,14,20H,11-13,15H2,1-3H3/t20-,23-/m0/s1. The summed E-state index contributed by atoms with van der Waals surface area (Å²) in [6.07, 6.45) is 3.86. The van der Waals surface area contributed by atoms with Crippen LogP contribution in [0.15, 0.2) is 58.1 Å². The van der Waals surface area contributed by atoms with Crippen LogP contribution in [-0.2, 0) is 14.8 Å². The predicted molar refractivity (Wildman–Crippen MR) is 115 cm³/mol. The number of hydrogen-bond acceptors (Lipinski definition) is 5. The molecule has 0 bridgehead atoms. The Morgan fingerprint density at radius 3 is 2.65 bits per heavy atom. The quantitative estimate of drug-likeness (QED) is 0.701. The Morgan fingerprint density at radius 1 is 1.19 bits per heavy atom. The van der Waals surface area contributed by atoms with E-state index in [9.17, 15) is 13.2 Å². The third-order valence-corrected chi connectivity index (χ3v) is 8.20. The number of likely N-dealkylation sites (tertiary alicyclic amines) is 1. The minimum atomic E-state index is -3.66. The fourth-order valence-corrected chi connectivity index (χ4v) is 6.63. The zero-order valence-electron chi connectivity index (χ0n) is 17.9. The summed E-state index contributed by atoms with van der Waals surface area (Å²) in [4.78, 5) is 15.0. The van der Waals surface area contributed by atoms with E-state index in [2.05, 4.69) is 0 Å². The van der Waals surface area contributed by atoms with Crippen molar-refractivity contribution in [3.8, 4) is 0 Å². The highest BCUT2D eigenvalue weighted by Gasteiger charge is 2.62. The van der Waals surface area contributed by atoms with Crippen LogP contribution in [-0.4, -0.2) is 49.0 Å². The first kappa shape index (κ1) is 20.3. The summed E-state index contributed by atoms with van der Waals surface area (Å²) in [5.41, 5.74) is 0.888. The molecule has 0 unspecified atom stereocenters. The highest BCUT2D eigenvalue weighted by atomic mass is 32.2. The van der Waals surface area contributed by atoms with Crippen molar-refractivity contribution < 1.29 is 22.4 Å². The number of rotatable bonds is 2. The normalized spacial score (nSPS) is 25.6. The number of nitrogens with zero attached hydrogens (tertiary/aromatic N) is 2. The van der Waals surface area contributed by atoms with Gasteiger partial charge in [-0.25, -0.2) is 13.2 Å². The Labute approximate surface area is 182 Å². The molecule has 31 heavy (non-hydrogen) atoms. The minimum absolute atomic E-state index is 0.274. The van der Waals surface area contributed by atoms with E-state index in [4.69, 9.17) is 9.15 Å². The number of benzene rings is 1. The molecular formula is C23H26N2O5S. The van der Waals surface area contributed by atoms with Crippen molar-refractivity contribution in [3.05, 3.63) is 60.1 Å². The van der Waals surface area contributed by atoms with Crippen LogP contribution >= 0.6 is 0 Å². The van der Waals surface area contributed by atoms with Crippen LogP contribution in [0.4, 0.5) is 4.79 Å². The first-order chi connectivity index (χ1) is 14.6. The maximum atomic E-state index is 13.3. The van der Waals surface area contributed by atoms with Crippen LogP contribution in [0.3, 0.4) is 0 Å². The zero-order valence-corrected chi connectivity index (χ0v) is 18.7. The maximum Gasteiger partial charge on any atom is 0.410 e. The van der Waals surface area contributed by atoms with Crippen molar-refractivity contribution in [2.75, 3.05) is 19.6 Å². The summed E-state index contributed by atoms with van der Waals surface area (Å²) in [6.45, 7) is 6.58. The fraction of sp³-hybridized carbons (Fsp3) is 0.435. The molecule has 2 aromatic rings. The monoisotopic (exact) mass is 442 g/mol. The Morgan fingerprint density at radius 2 is 1.94 bits per heavy atom. The summed E-state index contributed by atoms with van der Waals surface area (Å²) >= 11 is 0. The van der Waals surface area contributed by atoms with E-state index in [1.165, 1.54) is 4.31 Å². The van der Waals surface area contributed by atoms with E-state index < -0.39 is 27.1 Å². The van der Waals surface area contributed by atoms with Gasteiger partial charge in [-0.3, -0.25) is 4.90 Å². The van der Waals surface area contributed by atoms with Crippen molar-refractivity contribution in [1.29, 1.82) is 0 Å². The van der Waals surface area contributed by atoms with Crippen LogP contribution in [0.2, 0.25) is 0 Å². The molecule has 0 N–H and O–H groups in total. The zero-order chi connectivity index (χ0) is 22.0. The number of sulfonamides is 1. The van der Waals surface area contributed by atoms with Crippen LogP contribution < -0.4 is 0 Å². The minimum Gasteiger partial charge on any atom is -0.466 e. The van der Waals surface area contributed by atoms with E-state index >= 15 is 0 Å². The molecule has 1 fully saturated rings. The topological polar surface area (TPSA) is 80.1 Å². The first-order valence-corrected chi connectivity index (χ1v) is 11.9. The molecule has 7 nitrogen and oxygen atoms in total. The molecule has 2 aliphatic heterocycles. The second kappa shape index (κ2) is 6.71. The molecule has 1 amide bonds. The second-order valence-corrected chi connectivity index (χ2v) is 11.3. The van der Waals surface area contributed by atoms with Crippen LogP contribution in [0.5, 0.6) is 0 Å². The van der Waals surface area contributed by atoms with Crippen molar-refractivity contribution in [1.82, 2.24) is 9.21 Å². The molecule has 1 spiro atoms. The van der Waals surface area contributed by atoms with Crippen LogP contribution in [0, 0.1) is 5.41 Å². The number of furan rings is 1. The molecule has 8 heteroatoms. The molecule has 1 aromatic heterocycles. The second-order valence-electron chi connectivity index (χ2n) is 9.41. The van der Waals surface area contributed by atoms with E-state index in [1.54, 1.807) is 41.5 Å². The molecular weight excluding hydrogens is 416 g/mol. The summed E-state index contributed by atoms with van der Waals surface area (Å²) in [5.74, 6) is 0.716. The van der Waals surface area contributed by atoms with Crippen LogP contribution in [0.25, 0.3) is 5.57 Å². The van der Waals surface area contributed by atoms with Gasteiger partial charge in [-0.15, -0.1) is 0 Å². The average molecular weight is 443 g/mol. The van der Waals surface area contributed by atoms with E-state index in [0.717, 1.165) is 11.1 Å². The molecule has 2 atom stereocenters. The van der Waals surface area contributed by atoms with Gasteiger partial charge in [0.15, 0.2) is 0 Å². The lowest BCUT2D eigenvalue weighted by Crippen LogP contribution is -2.46. The van der Waals surface area contributed by atoms with Gasteiger partial charge in [0.25, 0.3) is 0 Å². The van der Waals surface area contributed by atoms with Gasteiger partial charge in [-0.2, -0.15) is 4.31 Å². The van der Waals surface area contributed by atoms with E-state index in [0.29, 0.717) is 25.3 Å². The van der Waals surface area contributed by atoms with Gasteiger partial charge in [0.2, 0.25) is 10.0 Å². The van der Waals surface area contributed by atoms with Crippen molar-refractivity contribution in [2.24, 2.45) is 5.41 Å². The number of carbonyl (C=O) groups excluding carboxylic acids is 1. The van der Waals surface area contributed by atoms with Crippen molar-refractivity contribution in [3.63, 3.8) is 0 Å². The molecule has 3 heterocycles. The Balaban J connectivity index is 1.54. The lowest BCUT2D eigenvalue weighted by atomic mass is 9.75. The predicted octanol–water partition coefficient (Wildman–Crippen LogP) is 4.05. The molecule has 1 saturated heterocycles. The molecule has 0 saturated carbocycles. The molecule has 0 radical (unpaired) electrons.